The van der Waals surface area contributed by atoms with Gasteiger partial charge in [-0.05, 0) is 34.1 Å². The van der Waals surface area contributed by atoms with Crippen LogP contribution in [0.3, 0.4) is 0 Å². The van der Waals surface area contributed by atoms with E-state index in [0.29, 0.717) is 12.4 Å². The van der Waals surface area contributed by atoms with Crippen LogP contribution in [-0.2, 0) is 6.61 Å². The highest BCUT2D eigenvalue weighted by Crippen LogP contribution is 2.23. The summed E-state index contributed by atoms with van der Waals surface area (Å²) in [6.07, 6.45) is 0. The zero-order chi connectivity index (χ0) is 12.3. The molecule has 0 spiro atoms. The fourth-order valence-electron chi connectivity index (χ4n) is 1.35. The van der Waals surface area contributed by atoms with Crippen LogP contribution in [-0.4, -0.2) is 11.1 Å². The number of aromatic carboxylic acids is 1. The van der Waals surface area contributed by atoms with E-state index in [1.54, 1.807) is 29.5 Å². The second-order valence-electron chi connectivity index (χ2n) is 3.32. The number of carbonyl (C=O) groups is 1. The molecule has 0 bridgehead atoms. The lowest BCUT2D eigenvalue weighted by atomic mass is 10.2. The summed E-state index contributed by atoms with van der Waals surface area (Å²) in [5, 5.41) is 10.9. The van der Waals surface area contributed by atoms with Crippen LogP contribution in [0, 0.1) is 0 Å². The molecule has 0 aliphatic rings. The second-order valence-corrected chi connectivity index (χ2v) is 5.23. The Morgan fingerprint density at radius 1 is 1.41 bits per heavy atom. The summed E-state index contributed by atoms with van der Waals surface area (Å²) < 4.78 is 6.51. The lowest BCUT2D eigenvalue weighted by Crippen LogP contribution is -2.02. The molecule has 1 aromatic carbocycles. The van der Waals surface area contributed by atoms with E-state index < -0.39 is 5.97 Å². The van der Waals surface area contributed by atoms with Gasteiger partial charge in [0.05, 0.1) is 0 Å². The monoisotopic (exact) mass is 312 g/mol. The first-order valence-electron chi connectivity index (χ1n) is 4.85. The Kier molecular flexibility index (Phi) is 3.81. The van der Waals surface area contributed by atoms with Crippen molar-refractivity contribution in [2.75, 3.05) is 0 Å². The lowest BCUT2D eigenvalue weighted by Gasteiger charge is -2.07. The smallest absolute Gasteiger partial charge is 0.339 e. The van der Waals surface area contributed by atoms with Crippen LogP contribution in [0.2, 0.25) is 0 Å². The number of benzene rings is 1. The van der Waals surface area contributed by atoms with Crippen molar-refractivity contribution in [2.45, 2.75) is 6.61 Å². The molecular weight excluding hydrogens is 304 g/mol. The highest BCUT2D eigenvalue weighted by Gasteiger charge is 2.10. The van der Waals surface area contributed by atoms with Gasteiger partial charge in [0, 0.05) is 14.7 Å². The molecule has 0 amide bonds. The largest absolute Gasteiger partial charge is 0.487 e. The van der Waals surface area contributed by atoms with Crippen molar-refractivity contribution in [3.8, 4) is 5.75 Å². The quantitative estimate of drug-likeness (QED) is 0.934. The van der Waals surface area contributed by atoms with E-state index in [0.717, 1.165) is 9.35 Å². The maximum Gasteiger partial charge on any atom is 0.339 e. The van der Waals surface area contributed by atoms with Gasteiger partial charge in [-0.15, -0.1) is 11.3 Å². The van der Waals surface area contributed by atoms with Crippen LogP contribution in [0.1, 0.15) is 15.2 Å². The Hall–Kier alpha value is -1.33. The van der Waals surface area contributed by atoms with Crippen LogP contribution in [0.4, 0.5) is 0 Å². The van der Waals surface area contributed by atoms with Crippen molar-refractivity contribution >= 4 is 33.2 Å². The van der Waals surface area contributed by atoms with Gasteiger partial charge in [-0.3, -0.25) is 0 Å². The maximum atomic E-state index is 11.0. The summed E-state index contributed by atoms with van der Waals surface area (Å²) in [4.78, 5) is 12.0. The summed E-state index contributed by atoms with van der Waals surface area (Å²) in [6, 6.07) is 8.58. The molecule has 3 nitrogen and oxygen atoms in total. The molecule has 88 valence electrons. The zero-order valence-corrected chi connectivity index (χ0v) is 11.1. The summed E-state index contributed by atoms with van der Waals surface area (Å²) in [5.74, 6) is -0.586. The summed E-state index contributed by atoms with van der Waals surface area (Å²) >= 11 is 4.92. The van der Waals surface area contributed by atoms with Gasteiger partial charge in [-0.2, -0.15) is 0 Å². The molecule has 0 fully saturated rings. The van der Waals surface area contributed by atoms with Crippen LogP contribution in [0.25, 0.3) is 0 Å². The Morgan fingerprint density at radius 3 is 2.82 bits per heavy atom. The Morgan fingerprint density at radius 2 is 2.18 bits per heavy atom. The predicted octanol–water partition coefficient (Wildman–Crippen LogP) is 3.79. The number of ether oxygens (including phenoxy) is 1. The average Bonchev–Trinajstić information content (AvgIpc) is 2.73. The molecule has 0 unspecified atom stereocenters. The van der Waals surface area contributed by atoms with E-state index in [4.69, 9.17) is 9.84 Å². The minimum Gasteiger partial charge on any atom is -0.487 e. The summed E-state index contributed by atoms with van der Waals surface area (Å²) in [5.41, 5.74) is 0.183. The van der Waals surface area contributed by atoms with Gasteiger partial charge >= 0.3 is 5.97 Å². The van der Waals surface area contributed by atoms with Gasteiger partial charge in [-0.25, -0.2) is 4.79 Å². The number of hydrogen-bond acceptors (Lipinski definition) is 3. The first-order valence-corrected chi connectivity index (χ1v) is 6.52. The number of thiophene rings is 1. The van der Waals surface area contributed by atoms with Crippen LogP contribution < -0.4 is 4.74 Å². The predicted molar refractivity (Wildman–Crippen MR) is 69.8 cm³/mol. The minimum absolute atomic E-state index is 0.183. The van der Waals surface area contributed by atoms with E-state index >= 15 is 0 Å². The Balaban J connectivity index is 2.11. The molecule has 0 saturated carbocycles. The molecule has 0 saturated heterocycles. The topological polar surface area (TPSA) is 46.5 Å². The summed E-state index contributed by atoms with van der Waals surface area (Å²) in [7, 11) is 0. The standard InChI is InChI=1S/C12H9BrO3S/c13-8-5-9(17-7-8)6-16-11-4-2-1-3-10(11)12(14)15/h1-5,7H,6H2,(H,14,15). The molecule has 5 heteroatoms. The number of hydrogen-bond donors (Lipinski definition) is 1. The van der Waals surface area contributed by atoms with Crippen molar-refractivity contribution in [3.63, 3.8) is 0 Å². The first kappa shape index (κ1) is 12.1. The van der Waals surface area contributed by atoms with Crippen LogP contribution in [0.5, 0.6) is 5.75 Å². The van der Waals surface area contributed by atoms with Gasteiger partial charge < -0.3 is 9.84 Å². The Bertz CT molecular complexity index is 536. The van der Waals surface area contributed by atoms with Crippen molar-refractivity contribution in [1.29, 1.82) is 0 Å². The number of rotatable bonds is 4. The zero-order valence-electron chi connectivity index (χ0n) is 8.72. The number of halogens is 1. The fourth-order valence-corrected chi connectivity index (χ4v) is 2.71. The van der Waals surface area contributed by atoms with E-state index in [-0.39, 0.29) is 5.56 Å². The Labute approximate surface area is 111 Å². The number of carboxylic acids is 1. The third-order valence-corrected chi connectivity index (χ3v) is 3.78. The van der Waals surface area contributed by atoms with Crippen LogP contribution >= 0.6 is 27.3 Å². The SMILES string of the molecule is O=C(O)c1ccccc1OCc1cc(Br)cs1. The second kappa shape index (κ2) is 5.33. The molecule has 17 heavy (non-hydrogen) atoms. The van der Waals surface area contributed by atoms with Gasteiger partial charge in [0.2, 0.25) is 0 Å². The summed E-state index contributed by atoms with van der Waals surface area (Å²) in [6.45, 7) is 0.376. The molecule has 2 aromatic rings. The highest BCUT2D eigenvalue weighted by atomic mass is 79.9. The highest BCUT2D eigenvalue weighted by molar-refractivity contribution is 9.10. The maximum absolute atomic E-state index is 11.0. The number of para-hydroxylation sites is 1. The van der Waals surface area contributed by atoms with Crippen molar-refractivity contribution in [3.05, 3.63) is 50.6 Å². The van der Waals surface area contributed by atoms with Crippen molar-refractivity contribution in [2.24, 2.45) is 0 Å². The van der Waals surface area contributed by atoms with Crippen molar-refractivity contribution < 1.29 is 14.6 Å². The first-order chi connectivity index (χ1) is 8.16. The molecule has 0 atom stereocenters. The average molecular weight is 313 g/mol. The molecular formula is C12H9BrO3S. The van der Waals surface area contributed by atoms with E-state index in [9.17, 15) is 4.79 Å². The molecule has 1 aromatic heterocycles. The molecule has 0 aliphatic carbocycles. The lowest BCUT2D eigenvalue weighted by molar-refractivity contribution is 0.0692. The molecule has 2 rings (SSSR count). The minimum atomic E-state index is -0.979. The van der Waals surface area contributed by atoms with Crippen LogP contribution in [0.15, 0.2) is 40.2 Å². The van der Waals surface area contributed by atoms with E-state index in [1.165, 1.54) is 6.07 Å². The third kappa shape index (κ3) is 3.08. The third-order valence-electron chi connectivity index (χ3n) is 2.11. The van der Waals surface area contributed by atoms with Gasteiger partial charge in [0.1, 0.15) is 17.9 Å². The normalized spacial score (nSPS) is 10.2. The number of carboxylic acid groups (broad SMARTS) is 1. The molecule has 1 heterocycles. The van der Waals surface area contributed by atoms with E-state index in [2.05, 4.69) is 15.9 Å². The van der Waals surface area contributed by atoms with Gasteiger partial charge in [0.25, 0.3) is 0 Å². The van der Waals surface area contributed by atoms with E-state index in [1.807, 2.05) is 11.4 Å². The van der Waals surface area contributed by atoms with Crippen molar-refractivity contribution in [1.82, 2.24) is 0 Å². The fraction of sp³-hybridized carbons (Fsp3) is 0.0833. The van der Waals surface area contributed by atoms with Gasteiger partial charge in [-0.1, -0.05) is 12.1 Å². The van der Waals surface area contributed by atoms with Gasteiger partial charge in [0.15, 0.2) is 0 Å². The molecule has 0 aliphatic heterocycles. The molecule has 1 N–H and O–H groups in total. The molecule has 0 radical (unpaired) electrons.